The van der Waals surface area contributed by atoms with Crippen molar-refractivity contribution in [2.24, 2.45) is 0 Å². The average Bonchev–Trinajstić information content (AvgIpc) is 2.39. The normalized spacial score (nSPS) is 12.8. The van der Waals surface area contributed by atoms with Gasteiger partial charge in [-0.1, -0.05) is 26.7 Å². The Bertz CT molecular complexity index is 306. The molecule has 5 nitrogen and oxygen atoms in total. The molecule has 0 heterocycles. The summed E-state index contributed by atoms with van der Waals surface area (Å²) in [6.45, 7) is 10.1. The fraction of sp³-hybridized carbons (Fsp3) is 0.875. The van der Waals surface area contributed by atoms with Gasteiger partial charge in [0, 0.05) is 6.42 Å². The van der Waals surface area contributed by atoms with Crippen LogP contribution in [0, 0.1) is 0 Å². The highest BCUT2D eigenvalue weighted by molar-refractivity contribution is 5.77. The Kier molecular flexibility index (Phi) is 10.0. The van der Waals surface area contributed by atoms with Gasteiger partial charge in [0.1, 0.15) is 0 Å². The molecular formula is C16H30O5. The van der Waals surface area contributed by atoms with Gasteiger partial charge in [0.2, 0.25) is 6.29 Å². The SMILES string of the molecule is CCCCCOC(=O)CCC(=O)OC(CC)OC(C)(C)C. The Morgan fingerprint density at radius 1 is 1.00 bits per heavy atom. The highest BCUT2D eigenvalue weighted by Gasteiger charge is 2.21. The van der Waals surface area contributed by atoms with Crippen molar-refractivity contribution in [1.29, 1.82) is 0 Å². The molecule has 0 aromatic carbocycles. The second-order valence-corrected chi connectivity index (χ2v) is 5.99. The molecule has 0 saturated carbocycles. The smallest absolute Gasteiger partial charge is 0.308 e. The molecule has 0 aliphatic carbocycles. The molecule has 0 aromatic rings. The summed E-state index contributed by atoms with van der Waals surface area (Å²) in [5.74, 6) is -0.788. The van der Waals surface area contributed by atoms with Crippen molar-refractivity contribution >= 4 is 11.9 Å². The molecule has 0 bridgehead atoms. The molecule has 0 N–H and O–H groups in total. The van der Waals surface area contributed by atoms with E-state index in [-0.39, 0.29) is 24.4 Å². The molecule has 1 unspecified atom stereocenters. The van der Waals surface area contributed by atoms with Gasteiger partial charge >= 0.3 is 11.9 Å². The largest absolute Gasteiger partial charge is 0.466 e. The molecule has 1 atom stereocenters. The predicted molar refractivity (Wildman–Crippen MR) is 80.7 cm³/mol. The van der Waals surface area contributed by atoms with E-state index < -0.39 is 12.3 Å². The van der Waals surface area contributed by atoms with Crippen molar-refractivity contribution in [3.63, 3.8) is 0 Å². The zero-order chi connectivity index (χ0) is 16.3. The summed E-state index contributed by atoms with van der Waals surface area (Å²) in [6, 6.07) is 0. The van der Waals surface area contributed by atoms with E-state index in [2.05, 4.69) is 6.92 Å². The van der Waals surface area contributed by atoms with E-state index in [9.17, 15) is 9.59 Å². The second kappa shape index (κ2) is 10.6. The molecule has 0 aliphatic rings. The fourth-order valence-corrected chi connectivity index (χ4v) is 1.60. The lowest BCUT2D eigenvalue weighted by Crippen LogP contribution is -2.30. The van der Waals surface area contributed by atoms with E-state index in [0.29, 0.717) is 13.0 Å². The van der Waals surface area contributed by atoms with Crippen LogP contribution in [0.2, 0.25) is 0 Å². The van der Waals surface area contributed by atoms with Gasteiger partial charge in [-0.05, 0) is 27.2 Å². The van der Waals surface area contributed by atoms with Crippen LogP contribution in [-0.4, -0.2) is 30.4 Å². The van der Waals surface area contributed by atoms with Gasteiger partial charge in [-0.15, -0.1) is 0 Å². The van der Waals surface area contributed by atoms with E-state index in [1.165, 1.54) is 0 Å². The number of hydrogen-bond donors (Lipinski definition) is 0. The van der Waals surface area contributed by atoms with Gasteiger partial charge in [0.25, 0.3) is 0 Å². The minimum atomic E-state index is -0.571. The Labute approximate surface area is 128 Å². The molecule has 0 radical (unpaired) electrons. The summed E-state index contributed by atoms with van der Waals surface area (Å²) < 4.78 is 15.8. The molecule has 5 heteroatoms. The van der Waals surface area contributed by atoms with Crippen LogP contribution in [0.4, 0.5) is 0 Å². The highest BCUT2D eigenvalue weighted by atomic mass is 16.7. The fourth-order valence-electron chi connectivity index (χ4n) is 1.60. The molecule has 124 valence electrons. The Balaban J connectivity index is 3.89. The van der Waals surface area contributed by atoms with E-state index in [1.807, 2.05) is 27.7 Å². The molecule has 0 spiro atoms. The molecule has 0 fully saturated rings. The summed E-state index contributed by atoms with van der Waals surface area (Å²) in [5.41, 5.74) is -0.376. The van der Waals surface area contributed by atoms with Crippen molar-refractivity contribution < 1.29 is 23.8 Å². The van der Waals surface area contributed by atoms with Gasteiger partial charge in [0.15, 0.2) is 0 Å². The first-order valence-electron chi connectivity index (χ1n) is 7.81. The van der Waals surface area contributed by atoms with Crippen LogP contribution in [0.1, 0.15) is 73.1 Å². The molecule has 21 heavy (non-hydrogen) atoms. The van der Waals surface area contributed by atoms with Crippen LogP contribution in [0.25, 0.3) is 0 Å². The first kappa shape index (κ1) is 19.9. The van der Waals surface area contributed by atoms with Crippen molar-refractivity contribution in [2.45, 2.75) is 85.0 Å². The third kappa shape index (κ3) is 12.4. The first-order valence-corrected chi connectivity index (χ1v) is 7.81. The van der Waals surface area contributed by atoms with Crippen LogP contribution < -0.4 is 0 Å². The first-order chi connectivity index (χ1) is 9.78. The quantitative estimate of drug-likeness (QED) is 0.350. The number of ether oxygens (including phenoxy) is 3. The van der Waals surface area contributed by atoms with Gasteiger partial charge in [-0.2, -0.15) is 0 Å². The zero-order valence-corrected chi connectivity index (χ0v) is 14.1. The van der Waals surface area contributed by atoms with Gasteiger partial charge < -0.3 is 14.2 Å². The summed E-state index contributed by atoms with van der Waals surface area (Å²) in [5, 5.41) is 0. The lowest BCUT2D eigenvalue weighted by atomic mass is 10.2. The minimum absolute atomic E-state index is 0.0244. The van der Waals surface area contributed by atoms with E-state index in [0.717, 1.165) is 19.3 Å². The zero-order valence-electron chi connectivity index (χ0n) is 14.1. The monoisotopic (exact) mass is 302 g/mol. The van der Waals surface area contributed by atoms with Crippen LogP contribution in [-0.2, 0) is 23.8 Å². The summed E-state index contributed by atoms with van der Waals surface area (Å²) >= 11 is 0. The van der Waals surface area contributed by atoms with E-state index in [1.54, 1.807) is 0 Å². The van der Waals surface area contributed by atoms with Crippen LogP contribution in [0.3, 0.4) is 0 Å². The number of carbonyl (C=O) groups is 2. The lowest BCUT2D eigenvalue weighted by molar-refractivity contribution is -0.204. The molecular weight excluding hydrogens is 272 g/mol. The maximum absolute atomic E-state index is 11.7. The van der Waals surface area contributed by atoms with Crippen LogP contribution in [0.15, 0.2) is 0 Å². The Morgan fingerprint density at radius 2 is 1.62 bits per heavy atom. The van der Waals surface area contributed by atoms with Gasteiger partial charge in [-0.25, -0.2) is 0 Å². The minimum Gasteiger partial charge on any atom is -0.466 e. The number of hydrogen-bond acceptors (Lipinski definition) is 5. The predicted octanol–water partition coefficient (Wildman–Crippen LogP) is 3.59. The van der Waals surface area contributed by atoms with E-state index >= 15 is 0 Å². The van der Waals surface area contributed by atoms with Crippen LogP contribution in [0.5, 0.6) is 0 Å². The molecule has 0 rings (SSSR count). The van der Waals surface area contributed by atoms with Crippen molar-refractivity contribution in [3.8, 4) is 0 Å². The second-order valence-electron chi connectivity index (χ2n) is 5.99. The Hall–Kier alpha value is -1.10. The van der Waals surface area contributed by atoms with E-state index in [4.69, 9.17) is 14.2 Å². The summed E-state index contributed by atoms with van der Waals surface area (Å²) in [4.78, 5) is 23.1. The highest BCUT2D eigenvalue weighted by Crippen LogP contribution is 2.14. The van der Waals surface area contributed by atoms with Crippen molar-refractivity contribution in [1.82, 2.24) is 0 Å². The van der Waals surface area contributed by atoms with Gasteiger partial charge in [-0.3, -0.25) is 9.59 Å². The molecule has 0 aliphatic heterocycles. The molecule has 0 aromatic heterocycles. The van der Waals surface area contributed by atoms with Gasteiger partial charge in [0.05, 0.1) is 25.0 Å². The average molecular weight is 302 g/mol. The maximum atomic E-state index is 11.7. The lowest BCUT2D eigenvalue weighted by Gasteiger charge is -2.26. The number of esters is 2. The van der Waals surface area contributed by atoms with Crippen molar-refractivity contribution in [2.75, 3.05) is 6.61 Å². The summed E-state index contributed by atoms with van der Waals surface area (Å²) in [6.07, 6.45) is 3.06. The maximum Gasteiger partial charge on any atom is 0.308 e. The number of rotatable bonds is 10. The summed E-state index contributed by atoms with van der Waals surface area (Å²) in [7, 11) is 0. The third-order valence-corrected chi connectivity index (χ3v) is 2.63. The van der Waals surface area contributed by atoms with Crippen molar-refractivity contribution in [3.05, 3.63) is 0 Å². The Morgan fingerprint density at radius 3 is 2.14 bits per heavy atom. The molecule has 0 saturated heterocycles. The topological polar surface area (TPSA) is 61.8 Å². The number of unbranched alkanes of at least 4 members (excludes halogenated alkanes) is 2. The number of carbonyl (C=O) groups excluding carboxylic acids is 2. The van der Waals surface area contributed by atoms with Crippen LogP contribution >= 0.6 is 0 Å². The standard InChI is InChI=1S/C16H30O5/c1-6-8-9-12-19-13(17)10-11-14(18)20-15(7-2)21-16(3,4)5/h15H,6-12H2,1-5H3. The molecule has 0 amide bonds. The third-order valence-electron chi connectivity index (χ3n) is 2.63.